The first-order chi connectivity index (χ1) is 14.4. The summed E-state index contributed by atoms with van der Waals surface area (Å²) in [6.07, 6.45) is 2.26. The van der Waals surface area contributed by atoms with Crippen LogP contribution in [0.5, 0.6) is 0 Å². The Balaban J connectivity index is 1.92. The molecule has 0 saturated carbocycles. The van der Waals surface area contributed by atoms with Gasteiger partial charge < -0.3 is 25.0 Å². The number of carbonyl (C=O) groups is 3. The Morgan fingerprint density at radius 1 is 0.688 bits per heavy atom. The molecule has 8 heteroatoms. The molecule has 2 aliphatic heterocycles. The number of nitrogens with zero attached hydrogens (tertiary/aromatic N) is 1. The molecule has 0 unspecified atom stereocenters. The smallest absolute Gasteiger partial charge is 0.325 e. The Morgan fingerprint density at radius 2 is 0.969 bits per heavy atom. The molecule has 184 valence electrons. The van der Waals surface area contributed by atoms with Crippen molar-refractivity contribution < 1.29 is 23.9 Å². The second-order valence-electron chi connectivity index (χ2n) is 12.2. The molecule has 0 aliphatic carbocycles. The predicted molar refractivity (Wildman–Crippen MR) is 123 cm³/mol. The minimum Gasteiger partial charge on any atom is -0.461 e. The Bertz CT molecular complexity index is 643. The lowest BCUT2D eigenvalue weighted by Gasteiger charge is -2.46. The van der Waals surface area contributed by atoms with Crippen LogP contribution in [0.25, 0.3) is 0 Å². The molecule has 8 nitrogen and oxygen atoms in total. The molecular weight excluding hydrogens is 410 g/mol. The summed E-state index contributed by atoms with van der Waals surface area (Å²) in [5.41, 5.74) is -0.638. The second-order valence-corrected chi connectivity index (χ2v) is 12.2. The van der Waals surface area contributed by atoms with Crippen LogP contribution in [0.3, 0.4) is 0 Å². The number of nitrogens with one attached hydrogen (secondary N) is 2. The van der Waals surface area contributed by atoms with Crippen molar-refractivity contribution in [1.29, 1.82) is 0 Å². The van der Waals surface area contributed by atoms with Crippen molar-refractivity contribution in [2.75, 3.05) is 13.1 Å². The van der Waals surface area contributed by atoms with Crippen molar-refractivity contribution >= 4 is 17.8 Å². The van der Waals surface area contributed by atoms with Crippen molar-refractivity contribution in [3.63, 3.8) is 0 Å². The van der Waals surface area contributed by atoms with E-state index < -0.39 is 11.9 Å². The van der Waals surface area contributed by atoms with Crippen LogP contribution >= 0.6 is 0 Å². The van der Waals surface area contributed by atoms with Gasteiger partial charge in [0.25, 0.3) is 0 Å². The van der Waals surface area contributed by atoms with Crippen LogP contribution in [0, 0.1) is 0 Å². The standard InChI is InChI=1S/C24H43N3O5/c1-16(28)27(14-19(29)31-17-10-21(2,3)25-22(4,5)11-17)15-20(30)32-18-12-23(6,7)26-24(8,9)13-18/h17-18,25-26H,10-15H2,1-9H3. The lowest BCUT2D eigenvalue weighted by molar-refractivity contribution is -0.161. The molecule has 0 atom stereocenters. The van der Waals surface area contributed by atoms with E-state index >= 15 is 0 Å². The number of hydrogen-bond acceptors (Lipinski definition) is 7. The zero-order valence-electron chi connectivity index (χ0n) is 21.4. The maximum absolute atomic E-state index is 12.6. The number of piperidine rings is 2. The van der Waals surface area contributed by atoms with Crippen LogP contribution in [0.15, 0.2) is 0 Å². The van der Waals surface area contributed by atoms with Crippen LogP contribution < -0.4 is 10.6 Å². The van der Waals surface area contributed by atoms with Gasteiger partial charge in [-0.1, -0.05) is 0 Å². The normalized spacial score (nSPS) is 24.4. The van der Waals surface area contributed by atoms with Crippen LogP contribution in [-0.4, -0.2) is 70.2 Å². The van der Waals surface area contributed by atoms with Crippen LogP contribution in [0.4, 0.5) is 0 Å². The van der Waals surface area contributed by atoms with Crippen LogP contribution in [-0.2, 0) is 23.9 Å². The van der Waals surface area contributed by atoms with Crippen LogP contribution in [0.1, 0.15) is 88.0 Å². The monoisotopic (exact) mass is 453 g/mol. The maximum Gasteiger partial charge on any atom is 0.325 e. The van der Waals surface area contributed by atoms with Crippen molar-refractivity contribution in [3.05, 3.63) is 0 Å². The number of amides is 1. The maximum atomic E-state index is 12.6. The lowest BCUT2D eigenvalue weighted by Crippen LogP contribution is -2.60. The average molecular weight is 454 g/mol. The van der Waals surface area contributed by atoms with E-state index in [1.54, 1.807) is 0 Å². The molecule has 32 heavy (non-hydrogen) atoms. The molecule has 2 N–H and O–H groups in total. The van der Waals surface area contributed by atoms with E-state index in [4.69, 9.17) is 9.47 Å². The predicted octanol–water partition coefficient (Wildman–Crippen LogP) is 2.54. The number of hydrogen-bond donors (Lipinski definition) is 2. The third kappa shape index (κ3) is 8.35. The Hall–Kier alpha value is -1.67. The fourth-order valence-electron chi connectivity index (χ4n) is 5.66. The number of rotatable bonds is 6. The Labute approximate surface area is 193 Å². The number of carbonyl (C=O) groups excluding carboxylic acids is 3. The molecule has 2 saturated heterocycles. The minimum atomic E-state index is -0.504. The SMILES string of the molecule is CC(=O)N(CC(=O)OC1CC(C)(C)NC(C)(C)C1)CC(=O)OC1CC(C)(C)NC(C)(C)C1. The number of ether oxygens (including phenoxy) is 2. The number of esters is 2. The lowest BCUT2D eigenvalue weighted by atomic mass is 9.81. The molecule has 0 radical (unpaired) electrons. The van der Waals surface area contributed by atoms with E-state index in [0.717, 1.165) is 0 Å². The van der Waals surface area contributed by atoms with Gasteiger partial charge in [-0.15, -0.1) is 0 Å². The van der Waals surface area contributed by atoms with E-state index in [0.29, 0.717) is 25.7 Å². The highest BCUT2D eigenvalue weighted by molar-refractivity contribution is 5.84. The zero-order valence-corrected chi connectivity index (χ0v) is 21.4. The van der Waals surface area contributed by atoms with Crippen molar-refractivity contribution in [1.82, 2.24) is 15.5 Å². The Morgan fingerprint density at radius 3 is 1.22 bits per heavy atom. The summed E-state index contributed by atoms with van der Waals surface area (Å²) in [5, 5.41) is 7.10. The topological polar surface area (TPSA) is 97.0 Å². The summed E-state index contributed by atoms with van der Waals surface area (Å²) in [5.74, 6) is -1.37. The van der Waals surface area contributed by atoms with Gasteiger partial charge in [0.05, 0.1) is 0 Å². The van der Waals surface area contributed by atoms with Gasteiger partial charge in [-0.05, 0) is 55.4 Å². The summed E-state index contributed by atoms with van der Waals surface area (Å²) in [7, 11) is 0. The second kappa shape index (κ2) is 9.29. The van der Waals surface area contributed by atoms with Gasteiger partial charge in [-0.2, -0.15) is 0 Å². The summed E-state index contributed by atoms with van der Waals surface area (Å²) in [4.78, 5) is 38.5. The molecule has 2 aliphatic rings. The van der Waals surface area contributed by atoms with Gasteiger partial charge in [0.15, 0.2) is 0 Å². The van der Waals surface area contributed by atoms with Gasteiger partial charge >= 0.3 is 11.9 Å². The summed E-state index contributed by atoms with van der Waals surface area (Å²) in [6, 6.07) is 0. The molecule has 0 bridgehead atoms. The molecule has 0 spiro atoms. The van der Waals surface area contributed by atoms with E-state index in [9.17, 15) is 14.4 Å². The molecule has 0 aromatic heterocycles. The zero-order chi connectivity index (χ0) is 24.5. The minimum absolute atomic E-state index is 0.160. The fourth-order valence-corrected chi connectivity index (χ4v) is 5.66. The molecule has 0 aromatic carbocycles. The quantitative estimate of drug-likeness (QED) is 0.597. The van der Waals surface area contributed by atoms with Gasteiger partial charge in [-0.25, -0.2) is 0 Å². The van der Waals surface area contributed by atoms with Gasteiger partial charge in [0, 0.05) is 54.8 Å². The first-order valence-electron chi connectivity index (χ1n) is 11.6. The largest absolute Gasteiger partial charge is 0.461 e. The summed E-state index contributed by atoms with van der Waals surface area (Å²) >= 11 is 0. The van der Waals surface area contributed by atoms with E-state index in [1.807, 2.05) is 0 Å². The van der Waals surface area contributed by atoms with Crippen LogP contribution in [0.2, 0.25) is 0 Å². The molecule has 0 aromatic rings. The third-order valence-corrected chi connectivity index (χ3v) is 5.99. The van der Waals surface area contributed by atoms with Crippen molar-refractivity contribution in [3.8, 4) is 0 Å². The van der Waals surface area contributed by atoms with E-state index in [1.165, 1.54) is 11.8 Å². The van der Waals surface area contributed by atoms with Gasteiger partial charge in [0.1, 0.15) is 25.3 Å². The first kappa shape index (κ1) is 26.6. The molecule has 2 fully saturated rings. The van der Waals surface area contributed by atoms with Crippen molar-refractivity contribution in [2.24, 2.45) is 0 Å². The highest BCUT2D eigenvalue weighted by atomic mass is 16.6. The summed E-state index contributed by atoms with van der Waals surface area (Å²) < 4.78 is 11.4. The van der Waals surface area contributed by atoms with Gasteiger partial charge in [0.2, 0.25) is 5.91 Å². The molecule has 2 heterocycles. The third-order valence-electron chi connectivity index (χ3n) is 5.99. The molecular formula is C24H43N3O5. The first-order valence-corrected chi connectivity index (χ1v) is 11.6. The average Bonchev–Trinajstić information content (AvgIpc) is 2.47. The van der Waals surface area contributed by atoms with Crippen molar-refractivity contribution in [2.45, 2.75) is 122 Å². The van der Waals surface area contributed by atoms with Gasteiger partial charge in [-0.3, -0.25) is 14.4 Å². The molecule has 1 amide bonds. The van der Waals surface area contributed by atoms with E-state index in [-0.39, 0.29) is 53.4 Å². The van der Waals surface area contributed by atoms with E-state index in [2.05, 4.69) is 66.0 Å². The highest BCUT2D eigenvalue weighted by Crippen LogP contribution is 2.31. The Kier molecular flexibility index (Phi) is 7.72. The highest BCUT2D eigenvalue weighted by Gasteiger charge is 2.41. The summed E-state index contributed by atoms with van der Waals surface area (Å²) in [6.45, 7) is 17.4. The fraction of sp³-hybridized carbons (Fsp3) is 0.875. The molecule has 2 rings (SSSR count).